The molecule has 0 unspecified atom stereocenters. The van der Waals surface area contributed by atoms with Gasteiger partial charge in [-0.3, -0.25) is 9.89 Å². The number of rotatable bonds is 2. The smallest absolute Gasteiger partial charge is 0.255 e. The van der Waals surface area contributed by atoms with E-state index in [1.165, 1.54) is 5.00 Å². The van der Waals surface area contributed by atoms with Crippen molar-refractivity contribution in [3.63, 3.8) is 0 Å². The summed E-state index contributed by atoms with van der Waals surface area (Å²) in [5.74, 6) is 0.0471. The van der Waals surface area contributed by atoms with Crippen LogP contribution >= 0.6 is 11.3 Å². The van der Waals surface area contributed by atoms with Crippen molar-refractivity contribution < 1.29 is 4.79 Å². The van der Waals surface area contributed by atoms with Crippen LogP contribution in [0.3, 0.4) is 0 Å². The van der Waals surface area contributed by atoms with Crippen LogP contribution in [0.15, 0.2) is 29.8 Å². The Morgan fingerprint density at radius 2 is 2.13 bits per heavy atom. The Bertz CT molecular complexity index is 833. The van der Waals surface area contributed by atoms with Gasteiger partial charge in [-0.1, -0.05) is 0 Å². The molecule has 0 bridgehead atoms. The van der Waals surface area contributed by atoms with Crippen LogP contribution in [0, 0.1) is 6.92 Å². The Labute approximate surface area is 137 Å². The largest absolute Gasteiger partial charge is 0.360 e. The highest BCUT2D eigenvalue weighted by Crippen LogP contribution is 2.23. The van der Waals surface area contributed by atoms with E-state index < -0.39 is 0 Å². The van der Waals surface area contributed by atoms with E-state index in [1.54, 1.807) is 17.5 Å². The number of hydrogen-bond donors (Lipinski definition) is 1. The average Bonchev–Trinajstić information content (AvgIpc) is 3.25. The summed E-state index contributed by atoms with van der Waals surface area (Å²) in [4.78, 5) is 21.2. The fourth-order valence-electron chi connectivity index (χ4n) is 2.90. The molecule has 4 rings (SSSR count). The Morgan fingerprint density at radius 1 is 1.30 bits per heavy atom. The summed E-state index contributed by atoms with van der Waals surface area (Å²) in [5, 5.41) is 11.3. The normalized spacial score (nSPS) is 15.3. The third-order valence-corrected chi connectivity index (χ3v) is 5.16. The monoisotopic (exact) mass is 327 g/mol. The van der Waals surface area contributed by atoms with Gasteiger partial charge in [0, 0.05) is 43.5 Å². The molecule has 3 aromatic rings. The number of anilines is 1. The molecule has 3 aromatic heterocycles. The molecule has 1 aliphatic rings. The second-order valence-corrected chi connectivity index (χ2v) is 6.60. The third kappa shape index (κ3) is 2.57. The van der Waals surface area contributed by atoms with Crippen molar-refractivity contribution >= 4 is 33.3 Å². The van der Waals surface area contributed by atoms with Crippen molar-refractivity contribution in [1.82, 2.24) is 20.1 Å². The predicted molar refractivity (Wildman–Crippen MR) is 91.1 cm³/mol. The number of amides is 1. The molecule has 0 radical (unpaired) electrons. The number of thiophene rings is 1. The van der Waals surface area contributed by atoms with Crippen molar-refractivity contribution in [2.45, 2.75) is 6.92 Å². The topological polar surface area (TPSA) is 65.1 Å². The van der Waals surface area contributed by atoms with Crippen LogP contribution < -0.4 is 4.90 Å². The highest BCUT2D eigenvalue weighted by Gasteiger charge is 2.23. The van der Waals surface area contributed by atoms with E-state index in [0.717, 1.165) is 37.3 Å². The first-order valence-electron chi connectivity index (χ1n) is 7.61. The number of nitrogens with zero attached hydrogens (tertiary/aromatic N) is 4. The van der Waals surface area contributed by atoms with Gasteiger partial charge < -0.3 is 9.80 Å². The zero-order valence-electron chi connectivity index (χ0n) is 12.8. The van der Waals surface area contributed by atoms with Crippen LogP contribution in [0.2, 0.25) is 0 Å². The van der Waals surface area contributed by atoms with Crippen molar-refractivity contribution in [3.8, 4) is 0 Å². The van der Waals surface area contributed by atoms with Crippen molar-refractivity contribution in [2.24, 2.45) is 0 Å². The lowest BCUT2D eigenvalue weighted by Crippen LogP contribution is -2.48. The molecule has 1 fully saturated rings. The summed E-state index contributed by atoms with van der Waals surface area (Å²) in [6, 6.07) is 6.07. The Kier molecular flexibility index (Phi) is 3.49. The molecule has 7 heteroatoms. The first kappa shape index (κ1) is 14.2. The van der Waals surface area contributed by atoms with Crippen molar-refractivity contribution in [1.29, 1.82) is 0 Å². The Morgan fingerprint density at radius 3 is 2.87 bits per heavy atom. The maximum atomic E-state index is 12.7. The summed E-state index contributed by atoms with van der Waals surface area (Å²) in [7, 11) is 0. The number of aromatic nitrogens is 3. The van der Waals surface area contributed by atoms with Crippen LogP contribution in [0.25, 0.3) is 11.0 Å². The molecular weight excluding hydrogens is 310 g/mol. The fraction of sp³-hybridized carbons (Fsp3) is 0.312. The maximum absolute atomic E-state index is 12.7. The SMILES string of the molecule is Cc1[nH]nc2ncc(C(=O)N3CCN(c4cccs4)CC3)cc12. The molecule has 1 aliphatic heterocycles. The van der Waals surface area contributed by atoms with Gasteiger partial charge in [0.15, 0.2) is 5.65 Å². The molecule has 1 amide bonds. The van der Waals surface area contributed by atoms with E-state index in [4.69, 9.17) is 0 Å². The van der Waals surface area contributed by atoms with Crippen molar-refractivity contribution in [3.05, 3.63) is 41.0 Å². The van der Waals surface area contributed by atoms with E-state index in [-0.39, 0.29) is 5.91 Å². The van der Waals surface area contributed by atoms with Crippen LogP contribution in [0.1, 0.15) is 16.1 Å². The lowest BCUT2D eigenvalue weighted by Gasteiger charge is -2.35. The van der Waals surface area contributed by atoms with Gasteiger partial charge in [0.05, 0.1) is 10.6 Å². The number of H-pyrrole nitrogens is 1. The predicted octanol–water partition coefficient (Wildman–Crippen LogP) is 2.29. The maximum Gasteiger partial charge on any atom is 0.255 e. The molecule has 0 atom stereocenters. The average molecular weight is 327 g/mol. The highest BCUT2D eigenvalue weighted by molar-refractivity contribution is 7.14. The number of nitrogens with one attached hydrogen (secondary N) is 1. The van der Waals surface area contributed by atoms with Gasteiger partial charge in [-0.25, -0.2) is 4.98 Å². The summed E-state index contributed by atoms with van der Waals surface area (Å²) >= 11 is 1.74. The van der Waals surface area contributed by atoms with E-state index in [0.29, 0.717) is 11.2 Å². The highest BCUT2D eigenvalue weighted by atomic mass is 32.1. The van der Waals surface area contributed by atoms with E-state index >= 15 is 0 Å². The molecule has 1 saturated heterocycles. The number of aryl methyl sites for hydroxylation is 1. The Hall–Kier alpha value is -2.41. The molecule has 4 heterocycles. The van der Waals surface area contributed by atoms with Crippen LogP contribution in [0.4, 0.5) is 5.00 Å². The van der Waals surface area contributed by atoms with Gasteiger partial charge in [-0.05, 0) is 30.5 Å². The number of pyridine rings is 1. The summed E-state index contributed by atoms with van der Waals surface area (Å²) in [6.07, 6.45) is 1.62. The first-order chi connectivity index (χ1) is 11.2. The minimum Gasteiger partial charge on any atom is -0.360 e. The summed E-state index contributed by atoms with van der Waals surface area (Å²) in [6.45, 7) is 5.14. The lowest BCUT2D eigenvalue weighted by molar-refractivity contribution is 0.0747. The molecule has 1 N–H and O–H groups in total. The van der Waals surface area contributed by atoms with E-state index in [2.05, 4.69) is 37.6 Å². The summed E-state index contributed by atoms with van der Waals surface area (Å²) < 4.78 is 0. The second-order valence-electron chi connectivity index (χ2n) is 5.67. The van der Waals surface area contributed by atoms with Crippen LogP contribution in [0.5, 0.6) is 0 Å². The molecule has 118 valence electrons. The fourth-order valence-corrected chi connectivity index (χ4v) is 3.68. The van der Waals surface area contributed by atoms with Gasteiger partial charge >= 0.3 is 0 Å². The van der Waals surface area contributed by atoms with Gasteiger partial charge in [0.1, 0.15) is 0 Å². The minimum absolute atomic E-state index is 0.0471. The van der Waals surface area contributed by atoms with E-state index in [1.807, 2.05) is 17.9 Å². The number of hydrogen-bond acceptors (Lipinski definition) is 5. The quantitative estimate of drug-likeness (QED) is 0.784. The first-order valence-corrected chi connectivity index (χ1v) is 8.49. The number of fused-ring (bicyclic) bond motifs is 1. The van der Waals surface area contributed by atoms with Gasteiger partial charge in [0.25, 0.3) is 5.91 Å². The third-order valence-electron chi connectivity index (χ3n) is 4.23. The lowest BCUT2D eigenvalue weighted by atomic mass is 10.1. The molecule has 0 spiro atoms. The number of carbonyl (C=O) groups is 1. The van der Waals surface area contributed by atoms with Crippen LogP contribution in [-0.2, 0) is 0 Å². The Balaban J connectivity index is 1.49. The summed E-state index contributed by atoms with van der Waals surface area (Å²) in [5.41, 5.74) is 2.22. The van der Waals surface area contributed by atoms with Gasteiger partial charge in [0.2, 0.25) is 0 Å². The van der Waals surface area contributed by atoms with Crippen molar-refractivity contribution in [2.75, 3.05) is 31.1 Å². The van der Waals surface area contributed by atoms with Crippen LogP contribution in [-0.4, -0.2) is 52.2 Å². The number of aromatic amines is 1. The zero-order chi connectivity index (χ0) is 15.8. The van der Waals surface area contributed by atoms with E-state index in [9.17, 15) is 4.79 Å². The zero-order valence-corrected chi connectivity index (χ0v) is 13.6. The van der Waals surface area contributed by atoms with Gasteiger partial charge in [-0.15, -0.1) is 11.3 Å². The van der Waals surface area contributed by atoms with Gasteiger partial charge in [-0.2, -0.15) is 5.10 Å². The minimum atomic E-state index is 0.0471. The molecular formula is C16H17N5OS. The number of carbonyl (C=O) groups excluding carboxylic acids is 1. The molecule has 0 saturated carbocycles. The number of piperazine rings is 1. The second kappa shape index (κ2) is 5.66. The molecule has 6 nitrogen and oxygen atoms in total. The molecule has 0 aromatic carbocycles. The molecule has 23 heavy (non-hydrogen) atoms. The molecule has 0 aliphatic carbocycles. The standard InChI is InChI=1S/C16H17N5OS/c1-11-13-9-12(10-17-15(13)19-18-11)16(22)21-6-4-20(5-7-21)14-3-2-8-23-14/h2-3,8-10H,4-7H2,1H3,(H,17,18,19).